The molecule has 0 aromatic heterocycles. The first-order valence-corrected chi connectivity index (χ1v) is 6.07. The van der Waals surface area contributed by atoms with Gasteiger partial charge in [0.15, 0.2) is 6.71 Å². The third-order valence-electron chi connectivity index (χ3n) is 2.80. The van der Waals surface area contributed by atoms with Crippen LogP contribution in [0.3, 0.4) is 0 Å². The molecule has 0 atom stereocenters. The number of rotatable bonds is 3. The van der Waals surface area contributed by atoms with E-state index in [4.69, 9.17) is 10.00 Å². The third kappa shape index (κ3) is 3.61. The number of benzene rings is 2. The molecule has 0 fully saturated rings. The van der Waals surface area contributed by atoms with Crippen molar-refractivity contribution in [3.05, 3.63) is 53.8 Å². The first-order valence-electron chi connectivity index (χ1n) is 6.07. The summed E-state index contributed by atoms with van der Waals surface area (Å²) in [6.07, 6.45) is 0. The SMILES string of the molecule is C.CB(C)c1ccc(Oc2cccc(F)c2)cc1C#N. The normalized spacial score (nSPS) is 9.30. The van der Waals surface area contributed by atoms with E-state index < -0.39 is 0 Å². The van der Waals surface area contributed by atoms with Crippen LogP contribution in [0.15, 0.2) is 42.5 Å². The summed E-state index contributed by atoms with van der Waals surface area (Å²) < 4.78 is 18.6. The van der Waals surface area contributed by atoms with E-state index in [9.17, 15) is 4.39 Å². The fourth-order valence-electron chi connectivity index (χ4n) is 1.87. The topological polar surface area (TPSA) is 33.0 Å². The lowest BCUT2D eigenvalue weighted by Crippen LogP contribution is -2.25. The van der Waals surface area contributed by atoms with Gasteiger partial charge >= 0.3 is 0 Å². The monoisotopic (exact) mass is 269 g/mol. The second-order valence-electron chi connectivity index (χ2n) is 4.57. The zero-order chi connectivity index (χ0) is 13.8. The molecule has 0 spiro atoms. The summed E-state index contributed by atoms with van der Waals surface area (Å²) >= 11 is 0. The van der Waals surface area contributed by atoms with Crippen LogP contribution in [-0.2, 0) is 0 Å². The highest BCUT2D eigenvalue weighted by molar-refractivity contribution is 6.71. The Kier molecular flexibility index (Phi) is 5.34. The van der Waals surface area contributed by atoms with Gasteiger partial charge in [-0.05, 0) is 24.3 Å². The zero-order valence-electron chi connectivity index (χ0n) is 10.9. The fourth-order valence-corrected chi connectivity index (χ4v) is 1.87. The second-order valence-corrected chi connectivity index (χ2v) is 4.57. The molecule has 0 heterocycles. The molecular formula is C16H17BFNO. The number of hydrogen-bond donors (Lipinski definition) is 0. The van der Waals surface area contributed by atoms with Crippen molar-refractivity contribution >= 4 is 12.2 Å². The van der Waals surface area contributed by atoms with E-state index >= 15 is 0 Å². The van der Waals surface area contributed by atoms with Crippen LogP contribution < -0.4 is 10.2 Å². The van der Waals surface area contributed by atoms with Crippen molar-refractivity contribution in [2.75, 3.05) is 0 Å². The van der Waals surface area contributed by atoms with Crippen LogP contribution in [0.25, 0.3) is 0 Å². The van der Waals surface area contributed by atoms with E-state index in [2.05, 4.69) is 6.07 Å². The number of hydrogen-bond acceptors (Lipinski definition) is 2. The minimum atomic E-state index is -0.350. The van der Waals surface area contributed by atoms with Gasteiger partial charge in [-0.15, -0.1) is 0 Å². The van der Waals surface area contributed by atoms with E-state index in [0.717, 1.165) is 5.46 Å². The Morgan fingerprint density at radius 1 is 1.10 bits per heavy atom. The van der Waals surface area contributed by atoms with Gasteiger partial charge in [-0.3, -0.25) is 0 Å². The van der Waals surface area contributed by atoms with Gasteiger partial charge in [0.2, 0.25) is 0 Å². The molecule has 0 saturated heterocycles. The van der Waals surface area contributed by atoms with Gasteiger partial charge in [0.05, 0.1) is 11.6 Å². The first-order chi connectivity index (χ1) is 9.10. The Labute approximate surface area is 119 Å². The van der Waals surface area contributed by atoms with Crippen LogP contribution in [0.4, 0.5) is 4.39 Å². The minimum absolute atomic E-state index is 0. The molecule has 0 unspecified atom stereocenters. The van der Waals surface area contributed by atoms with Gasteiger partial charge in [0.1, 0.15) is 17.3 Å². The van der Waals surface area contributed by atoms with Gasteiger partial charge in [-0.25, -0.2) is 4.39 Å². The molecule has 0 N–H and O–H groups in total. The lowest BCUT2D eigenvalue weighted by molar-refractivity contribution is 0.477. The number of nitriles is 1. The van der Waals surface area contributed by atoms with Gasteiger partial charge in [-0.1, -0.05) is 38.7 Å². The molecule has 0 aliphatic carbocycles. The number of halogens is 1. The Morgan fingerprint density at radius 3 is 2.40 bits per heavy atom. The van der Waals surface area contributed by atoms with Crippen molar-refractivity contribution in [1.82, 2.24) is 0 Å². The third-order valence-corrected chi connectivity index (χ3v) is 2.80. The second kappa shape index (κ2) is 6.77. The summed E-state index contributed by atoms with van der Waals surface area (Å²) in [4.78, 5) is 0. The van der Waals surface area contributed by atoms with Crippen LogP contribution in [0.5, 0.6) is 11.5 Å². The largest absolute Gasteiger partial charge is 0.457 e. The molecular weight excluding hydrogens is 252 g/mol. The van der Waals surface area contributed by atoms with Crippen LogP contribution in [-0.4, -0.2) is 6.71 Å². The van der Waals surface area contributed by atoms with Crippen LogP contribution in [0.1, 0.15) is 13.0 Å². The predicted molar refractivity (Wildman–Crippen MR) is 81.5 cm³/mol. The van der Waals surface area contributed by atoms with E-state index in [0.29, 0.717) is 17.1 Å². The standard InChI is InChI=1S/C15H13BFNO.CH4/c1-16(2)15-7-6-14(8-11(15)10-18)19-13-5-3-4-12(17)9-13;/h3-9H,1-2H3;1H4. The summed E-state index contributed by atoms with van der Waals surface area (Å²) in [7, 11) is 0. The van der Waals surface area contributed by atoms with Crippen molar-refractivity contribution in [1.29, 1.82) is 5.26 Å². The molecule has 20 heavy (non-hydrogen) atoms. The zero-order valence-corrected chi connectivity index (χ0v) is 10.9. The smallest absolute Gasteiger partial charge is 0.171 e. The first kappa shape index (κ1) is 15.8. The van der Waals surface area contributed by atoms with Crippen molar-refractivity contribution in [2.45, 2.75) is 21.1 Å². The van der Waals surface area contributed by atoms with Crippen LogP contribution >= 0.6 is 0 Å². The van der Waals surface area contributed by atoms with Crippen LogP contribution in [0.2, 0.25) is 13.6 Å². The van der Waals surface area contributed by atoms with Crippen molar-refractivity contribution in [3.8, 4) is 17.6 Å². The lowest BCUT2D eigenvalue weighted by atomic mass is 9.48. The Morgan fingerprint density at radius 2 is 1.80 bits per heavy atom. The highest BCUT2D eigenvalue weighted by Gasteiger charge is 2.10. The summed E-state index contributed by atoms with van der Waals surface area (Å²) in [5.41, 5.74) is 1.57. The molecule has 0 radical (unpaired) electrons. The molecule has 2 aromatic carbocycles. The molecule has 0 saturated carbocycles. The lowest BCUT2D eigenvalue weighted by Gasteiger charge is -2.09. The number of ether oxygens (including phenoxy) is 1. The van der Waals surface area contributed by atoms with Gasteiger partial charge < -0.3 is 4.74 Å². The molecule has 2 nitrogen and oxygen atoms in total. The Hall–Kier alpha value is -2.28. The van der Waals surface area contributed by atoms with Gasteiger partial charge in [0.25, 0.3) is 0 Å². The summed E-state index contributed by atoms with van der Waals surface area (Å²) in [5, 5.41) is 9.14. The van der Waals surface area contributed by atoms with Crippen LogP contribution in [0, 0.1) is 17.1 Å². The van der Waals surface area contributed by atoms with E-state index in [-0.39, 0.29) is 20.0 Å². The fraction of sp³-hybridized carbons (Fsp3) is 0.188. The maximum Gasteiger partial charge on any atom is 0.171 e. The summed E-state index contributed by atoms with van der Waals surface area (Å²) in [6, 6.07) is 13.4. The molecule has 2 rings (SSSR count). The Bertz CT molecular complexity index is 635. The van der Waals surface area contributed by atoms with E-state index in [1.807, 2.05) is 19.7 Å². The van der Waals surface area contributed by atoms with Crippen molar-refractivity contribution < 1.29 is 9.13 Å². The summed E-state index contributed by atoms with van der Waals surface area (Å²) in [5.74, 6) is 0.601. The molecule has 4 heteroatoms. The van der Waals surface area contributed by atoms with Crippen molar-refractivity contribution in [3.63, 3.8) is 0 Å². The highest BCUT2D eigenvalue weighted by Crippen LogP contribution is 2.22. The number of nitrogens with zero attached hydrogens (tertiary/aromatic N) is 1. The molecule has 2 aromatic rings. The van der Waals surface area contributed by atoms with Crippen molar-refractivity contribution in [2.24, 2.45) is 0 Å². The maximum atomic E-state index is 13.1. The van der Waals surface area contributed by atoms with Gasteiger partial charge in [-0.2, -0.15) is 5.26 Å². The maximum absolute atomic E-state index is 13.1. The molecule has 0 bridgehead atoms. The molecule has 0 aliphatic rings. The minimum Gasteiger partial charge on any atom is -0.457 e. The molecule has 0 aliphatic heterocycles. The molecule has 0 amide bonds. The molecule has 102 valence electrons. The highest BCUT2D eigenvalue weighted by atomic mass is 19.1. The Balaban J connectivity index is 0.00000200. The summed E-state index contributed by atoms with van der Waals surface area (Å²) in [6.45, 7) is 4.34. The quantitative estimate of drug-likeness (QED) is 0.786. The average molecular weight is 269 g/mol. The predicted octanol–water partition coefficient (Wildman–Crippen LogP) is 4.09. The van der Waals surface area contributed by atoms with E-state index in [1.54, 1.807) is 24.3 Å². The van der Waals surface area contributed by atoms with E-state index in [1.165, 1.54) is 12.1 Å². The average Bonchev–Trinajstić information content (AvgIpc) is 2.38. The van der Waals surface area contributed by atoms with Gasteiger partial charge in [0, 0.05) is 6.07 Å².